The summed E-state index contributed by atoms with van der Waals surface area (Å²) in [5, 5.41) is 5.16. The van der Waals surface area contributed by atoms with E-state index in [0.717, 1.165) is 12.1 Å². The van der Waals surface area contributed by atoms with Gasteiger partial charge in [-0.3, -0.25) is 9.59 Å². The molecule has 0 spiro atoms. The third-order valence-electron chi connectivity index (χ3n) is 3.29. The smallest absolute Gasteiger partial charge is 0.265 e. The van der Waals surface area contributed by atoms with Crippen LogP contribution < -0.4 is 15.4 Å². The number of fused-ring (bicyclic) bond motifs is 1. The molecule has 1 atom stereocenters. The lowest BCUT2D eigenvalue weighted by atomic mass is 10.1. The van der Waals surface area contributed by atoms with E-state index in [1.165, 1.54) is 6.07 Å². The van der Waals surface area contributed by atoms with Crippen LogP contribution in [0.25, 0.3) is 0 Å². The van der Waals surface area contributed by atoms with Crippen LogP contribution in [0.15, 0.2) is 36.4 Å². The molecule has 0 aromatic heterocycles. The molecule has 5 nitrogen and oxygen atoms in total. The van der Waals surface area contributed by atoms with Gasteiger partial charge in [-0.2, -0.15) is 0 Å². The molecular formula is C16H12F2N2O3. The van der Waals surface area contributed by atoms with E-state index in [4.69, 9.17) is 4.74 Å². The standard InChI is InChI=1S/C16H12F2N2O3/c1-8-15(21)20-13-7-12(2-3-14(13)23-8)19-16(22)9-4-10(17)6-11(18)5-9/h2-8H,1H3,(H,19,22)(H,20,21)/t8-/m0/s1. The molecule has 2 aromatic carbocycles. The monoisotopic (exact) mass is 318 g/mol. The molecule has 2 aromatic rings. The molecule has 1 aliphatic heterocycles. The Morgan fingerprint density at radius 1 is 1.17 bits per heavy atom. The number of hydrogen-bond acceptors (Lipinski definition) is 3. The van der Waals surface area contributed by atoms with Gasteiger partial charge in [-0.1, -0.05) is 0 Å². The highest BCUT2D eigenvalue weighted by atomic mass is 19.1. The lowest BCUT2D eigenvalue weighted by Crippen LogP contribution is -2.34. The van der Waals surface area contributed by atoms with E-state index in [0.29, 0.717) is 23.2 Å². The molecule has 23 heavy (non-hydrogen) atoms. The predicted octanol–water partition coefficient (Wildman–Crippen LogP) is 2.94. The first-order valence-electron chi connectivity index (χ1n) is 6.81. The Morgan fingerprint density at radius 2 is 1.87 bits per heavy atom. The van der Waals surface area contributed by atoms with Gasteiger partial charge in [0.1, 0.15) is 17.4 Å². The number of benzene rings is 2. The van der Waals surface area contributed by atoms with E-state index >= 15 is 0 Å². The van der Waals surface area contributed by atoms with Crippen LogP contribution in [0.5, 0.6) is 5.75 Å². The first-order chi connectivity index (χ1) is 10.9. The fourth-order valence-electron chi connectivity index (χ4n) is 2.17. The number of anilines is 2. The summed E-state index contributed by atoms with van der Waals surface area (Å²) in [4.78, 5) is 23.6. The lowest BCUT2D eigenvalue weighted by molar-refractivity contribution is -0.122. The Balaban J connectivity index is 1.82. The predicted molar refractivity (Wildman–Crippen MR) is 79.5 cm³/mol. The van der Waals surface area contributed by atoms with Gasteiger partial charge in [-0.25, -0.2) is 8.78 Å². The molecule has 0 unspecified atom stereocenters. The van der Waals surface area contributed by atoms with Crippen molar-refractivity contribution in [3.05, 3.63) is 53.6 Å². The van der Waals surface area contributed by atoms with E-state index in [2.05, 4.69) is 10.6 Å². The Bertz CT molecular complexity index is 788. The summed E-state index contributed by atoms with van der Waals surface area (Å²) < 4.78 is 31.7. The van der Waals surface area contributed by atoms with Gasteiger partial charge in [0.15, 0.2) is 6.10 Å². The molecule has 0 bridgehead atoms. The van der Waals surface area contributed by atoms with Gasteiger partial charge < -0.3 is 15.4 Å². The summed E-state index contributed by atoms with van der Waals surface area (Å²) in [5.74, 6) is -2.16. The highest BCUT2D eigenvalue weighted by molar-refractivity contribution is 6.05. The average molecular weight is 318 g/mol. The van der Waals surface area contributed by atoms with Gasteiger partial charge in [0.25, 0.3) is 11.8 Å². The van der Waals surface area contributed by atoms with E-state index < -0.39 is 23.6 Å². The van der Waals surface area contributed by atoms with Crippen molar-refractivity contribution in [1.82, 2.24) is 0 Å². The van der Waals surface area contributed by atoms with Gasteiger partial charge in [0, 0.05) is 17.3 Å². The van der Waals surface area contributed by atoms with Crippen molar-refractivity contribution in [2.75, 3.05) is 10.6 Å². The molecule has 1 aliphatic rings. The number of ether oxygens (including phenoxy) is 1. The van der Waals surface area contributed by atoms with Crippen LogP contribution in [0, 0.1) is 11.6 Å². The molecule has 1 heterocycles. The third kappa shape index (κ3) is 3.13. The number of amides is 2. The molecule has 3 rings (SSSR count). The van der Waals surface area contributed by atoms with Gasteiger partial charge in [-0.05, 0) is 37.3 Å². The minimum absolute atomic E-state index is 0.144. The average Bonchev–Trinajstić information content (AvgIpc) is 2.47. The van der Waals surface area contributed by atoms with Gasteiger partial charge in [0.2, 0.25) is 0 Å². The molecule has 2 amide bonds. The minimum Gasteiger partial charge on any atom is -0.479 e. The van der Waals surface area contributed by atoms with Gasteiger partial charge in [-0.15, -0.1) is 0 Å². The summed E-state index contributed by atoms with van der Waals surface area (Å²) in [5.41, 5.74) is 0.627. The van der Waals surface area contributed by atoms with Crippen molar-refractivity contribution in [3.8, 4) is 5.75 Å². The SMILES string of the molecule is C[C@@H]1Oc2ccc(NC(=O)c3cc(F)cc(F)c3)cc2NC1=O. The van der Waals surface area contributed by atoms with Crippen molar-refractivity contribution < 1.29 is 23.1 Å². The van der Waals surface area contributed by atoms with Crippen LogP contribution in [0.2, 0.25) is 0 Å². The number of rotatable bonds is 2. The highest BCUT2D eigenvalue weighted by Gasteiger charge is 2.23. The summed E-state index contributed by atoms with van der Waals surface area (Å²) in [6.07, 6.45) is -0.599. The van der Waals surface area contributed by atoms with E-state index in [1.54, 1.807) is 19.1 Å². The second-order valence-corrected chi connectivity index (χ2v) is 5.07. The van der Waals surface area contributed by atoms with Crippen molar-refractivity contribution in [1.29, 1.82) is 0 Å². The van der Waals surface area contributed by atoms with Crippen LogP contribution in [0.3, 0.4) is 0 Å². The second-order valence-electron chi connectivity index (χ2n) is 5.07. The Labute approximate surface area is 130 Å². The van der Waals surface area contributed by atoms with Crippen LogP contribution in [-0.4, -0.2) is 17.9 Å². The quantitative estimate of drug-likeness (QED) is 0.894. The van der Waals surface area contributed by atoms with Crippen molar-refractivity contribution in [2.24, 2.45) is 0 Å². The second kappa shape index (κ2) is 5.68. The van der Waals surface area contributed by atoms with Crippen LogP contribution in [0.1, 0.15) is 17.3 Å². The van der Waals surface area contributed by atoms with Gasteiger partial charge >= 0.3 is 0 Å². The Kier molecular flexibility index (Phi) is 3.69. The maximum atomic E-state index is 13.1. The normalized spacial score (nSPS) is 16.1. The van der Waals surface area contributed by atoms with Crippen LogP contribution in [0.4, 0.5) is 20.2 Å². The lowest BCUT2D eigenvalue weighted by Gasteiger charge is -2.23. The van der Waals surface area contributed by atoms with Crippen molar-refractivity contribution in [2.45, 2.75) is 13.0 Å². The molecule has 0 saturated heterocycles. The minimum atomic E-state index is -0.838. The zero-order valence-corrected chi connectivity index (χ0v) is 12.0. The van der Waals surface area contributed by atoms with Crippen molar-refractivity contribution in [3.63, 3.8) is 0 Å². The van der Waals surface area contributed by atoms with Crippen LogP contribution >= 0.6 is 0 Å². The number of nitrogens with one attached hydrogen (secondary N) is 2. The summed E-state index contributed by atoms with van der Waals surface area (Å²) >= 11 is 0. The van der Waals surface area contributed by atoms with E-state index in [-0.39, 0.29) is 11.5 Å². The van der Waals surface area contributed by atoms with E-state index in [1.807, 2.05) is 0 Å². The number of hydrogen-bond donors (Lipinski definition) is 2. The molecule has 2 N–H and O–H groups in total. The fourth-order valence-corrected chi connectivity index (χ4v) is 2.17. The maximum absolute atomic E-state index is 13.1. The molecule has 0 aliphatic carbocycles. The molecule has 0 fully saturated rings. The molecule has 118 valence electrons. The summed E-state index contributed by atoms with van der Waals surface area (Å²) in [6, 6.07) is 7.22. The highest BCUT2D eigenvalue weighted by Crippen LogP contribution is 2.32. The number of carbonyl (C=O) groups excluding carboxylic acids is 2. The zero-order chi connectivity index (χ0) is 16.6. The van der Waals surface area contributed by atoms with E-state index in [9.17, 15) is 18.4 Å². The zero-order valence-electron chi connectivity index (χ0n) is 12.0. The van der Waals surface area contributed by atoms with Gasteiger partial charge in [0.05, 0.1) is 5.69 Å². The maximum Gasteiger partial charge on any atom is 0.265 e. The van der Waals surface area contributed by atoms with Crippen molar-refractivity contribution >= 4 is 23.2 Å². The number of halogens is 2. The third-order valence-corrected chi connectivity index (χ3v) is 3.29. The molecular weight excluding hydrogens is 306 g/mol. The molecule has 0 radical (unpaired) electrons. The summed E-state index contributed by atoms with van der Waals surface area (Å²) in [7, 11) is 0. The van der Waals surface area contributed by atoms with Crippen LogP contribution in [-0.2, 0) is 4.79 Å². The first-order valence-corrected chi connectivity index (χ1v) is 6.81. The molecule has 7 heteroatoms. The number of carbonyl (C=O) groups is 2. The first kappa shape index (κ1) is 15.0. The Morgan fingerprint density at radius 3 is 2.57 bits per heavy atom. The fraction of sp³-hybridized carbons (Fsp3) is 0.125. The largest absolute Gasteiger partial charge is 0.479 e. The Hall–Kier alpha value is -2.96. The topological polar surface area (TPSA) is 67.4 Å². The summed E-state index contributed by atoms with van der Waals surface area (Å²) in [6.45, 7) is 1.62. The molecule has 0 saturated carbocycles.